The van der Waals surface area contributed by atoms with Gasteiger partial charge >= 0.3 is 11.8 Å². The number of hydrogen-bond acceptors (Lipinski definition) is 4. The lowest BCUT2D eigenvalue weighted by atomic mass is 10.1. The van der Waals surface area contributed by atoms with Crippen LogP contribution in [0.25, 0.3) is 0 Å². The first-order valence-electron chi connectivity index (χ1n) is 3.71. The average Bonchev–Trinajstić information content (AvgIpc) is 2.15. The van der Waals surface area contributed by atoms with Crippen molar-refractivity contribution in [1.29, 1.82) is 0 Å². The van der Waals surface area contributed by atoms with Crippen LogP contribution in [-0.2, 0) is 0 Å². The van der Waals surface area contributed by atoms with E-state index in [1.807, 2.05) is 0 Å². The maximum absolute atomic E-state index is 12.5. The molecule has 0 aromatic carbocycles. The summed E-state index contributed by atoms with van der Waals surface area (Å²) in [5.74, 6) is -2.48. The molecule has 1 aromatic rings. The number of aromatic carboxylic acids is 1. The summed E-state index contributed by atoms with van der Waals surface area (Å²) in [6.45, 7) is 0. The Morgan fingerprint density at radius 3 is 2.56 bits per heavy atom. The van der Waals surface area contributed by atoms with E-state index in [1.54, 1.807) is 0 Å². The van der Waals surface area contributed by atoms with Gasteiger partial charge in [0, 0.05) is 27.6 Å². The zero-order chi connectivity index (χ0) is 12.5. The summed E-state index contributed by atoms with van der Waals surface area (Å²) in [5, 5.41) is 19.0. The van der Waals surface area contributed by atoms with Crippen LogP contribution in [0.3, 0.4) is 0 Å². The second-order valence-corrected chi connectivity index (χ2v) is 3.35. The fourth-order valence-corrected chi connectivity index (χ4v) is 1.58. The molecule has 6 nitrogen and oxygen atoms in total. The SMILES string of the molecule is O=C(O)c1c(C(F)F)cc([N+](=O)[O-])nc1Br. The van der Waals surface area contributed by atoms with Crippen molar-refractivity contribution < 1.29 is 23.6 Å². The molecule has 0 fully saturated rings. The predicted octanol–water partition coefficient (Wildman–Crippen LogP) is 2.39. The molecule has 0 spiro atoms. The number of aromatic nitrogens is 1. The van der Waals surface area contributed by atoms with Crippen LogP contribution in [0.1, 0.15) is 22.3 Å². The monoisotopic (exact) mass is 296 g/mol. The van der Waals surface area contributed by atoms with E-state index >= 15 is 0 Å². The molecule has 0 atom stereocenters. The van der Waals surface area contributed by atoms with Crippen molar-refractivity contribution in [3.63, 3.8) is 0 Å². The van der Waals surface area contributed by atoms with E-state index in [0.717, 1.165) is 0 Å². The van der Waals surface area contributed by atoms with Crippen LogP contribution in [-0.4, -0.2) is 21.0 Å². The summed E-state index contributed by atoms with van der Waals surface area (Å²) in [6, 6.07) is 0.443. The summed E-state index contributed by atoms with van der Waals surface area (Å²) in [5.41, 5.74) is -1.72. The minimum atomic E-state index is -3.14. The van der Waals surface area contributed by atoms with Gasteiger partial charge in [0.15, 0.2) is 0 Å². The summed E-state index contributed by atoms with van der Waals surface area (Å²) >= 11 is 2.61. The number of nitrogens with zero attached hydrogens (tertiary/aromatic N) is 2. The lowest BCUT2D eigenvalue weighted by Crippen LogP contribution is -2.07. The first-order chi connectivity index (χ1) is 7.34. The van der Waals surface area contributed by atoms with Gasteiger partial charge in [0.2, 0.25) is 4.60 Å². The Kier molecular flexibility index (Phi) is 3.48. The Hall–Kier alpha value is -1.64. The Labute approximate surface area is 95.2 Å². The molecule has 0 amide bonds. The van der Waals surface area contributed by atoms with Crippen molar-refractivity contribution in [3.8, 4) is 0 Å². The highest BCUT2D eigenvalue weighted by molar-refractivity contribution is 9.10. The maximum atomic E-state index is 12.5. The van der Waals surface area contributed by atoms with Gasteiger partial charge in [0.1, 0.15) is 5.56 Å². The molecule has 0 unspecified atom stereocenters. The molecule has 1 aromatic heterocycles. The summed E-state index contributed by atoms with van der Waals surface area (Å²) in [7, 11) is 0. The van der Waals surface area contributed by atoms with Crippen molar-refractivity contribution in [3.05, 3.63) is 31.9 Å². The number of halogens is 3. The van der Waals surface area contributed by atoms with Crippen LogP contribution >= 0.6 is 15.9 Å². The van der Waals surface area contributed by atoms with Gasteiger partial charge in [-0.25, -0.2) is 13.6 Å². The van der Waals surface area contributed by atoms with Gasteiger partial charge in [-0.1, -0.05) is 0 Å². The summed E-state index contributed by atoms with van der Waals surface area (Å²) in [4.78, 5) is 23.3. The third-order valence-electron chi connectivity index (χ3n) is 1.63. The van der Waals surface area contributed by atoms with Crippen LogP contribution in [0.4, 0.5) is 14.6 Å². The fraction of sp³-hybridized carbons (Fsp3) is 0.143. The molecule has 16 heavy (non-hydrogen) atoms. The first-order valence-corrected chi connectivity index (χ1v) is 4.50. The van der Waals surface area contributed by atoms with Gasteiger partial charge in [0.05, 0.1) is 0 Å². The van der Waals surface area contributed by atoms with E-state index in [1.165, 1.54) is 0 Å². The molecule has 0 saturated heterocycles. The molecule has 0 aliphatic carbocycles. The number of pyridine rings is 1. The van der Waals surface area contributed by atoms with Crippen LogP contribution in [0.2, 0.25) is 0 Å². The van der Waals surface area contributed by atoms with Crippen LogP contribution in [0.15, 0.2) is 10.7 Å². The van der Waals surface area contributed by atoms with E-state index in [-0.39, 0.29) is 0 Å². The van der Waals surface area contributed by atoms with Gasteiger partial charge in [-0.3, -0.25) is 0 Å². The Morgan fingerprint density at radius 1 is 1.62 bits per heavy atom. The van der Waals surface area contributed by atoms with Crippen molar-refractivity contribution in [2.75, 3.05) is 0 Å². The molecule has 0 bridgehead atoms. The molecule has 0 saturated carbocycles. The zero-order valence-electron chi connectivity index (χ0n) is 7.35. The van der Waals surface area contributed by atoms with Crippen molar-refractivity contribution in [2.45, 2.75) is 6.43 Å². The Balaban J connectivity index is 3.51. The highest BCUT2D eigenvalue weighted by Crippen LogP contribution is 2.30. The molecule has 9 heteroatoms. The first kappa shape index (κ1) is 12.4. The highest BCUT2D eigenvalue weighted by Gasteiger charge is 2.28. The number of alkyl halides is 2. The number of carbonyl (C=O) groups is 1. The largest absolute Gasteiger partial charge is 0.477 e. The number of carboxylic acid groups (broad SMARTS) is 1. The van der Waals surface area contributed by atoms with E-state index in [9.17, 15) is 23.7 Å². The highest BCUT2D eigenvalue weighted by atomic mass is 79.9. The molecule has 1 rings (SSSR count). The molecular weight excluding hydrogens is 294 g/mol. The predicted molar refractivity (Wildman–Crippen MR) is 50.5 cm³/mol. The van der Waals surface area contributed by atoms with Gasteiger partial charge in [-0.2, -0.15) is 0 Å². The summed E-state index contributed by atoms with van der Waals surface area (Å²) in [6.07, 6.45) is -3.14. The molecule has 0 aliphatic heterocycles. The minimum absolute atomic E-state index is 0.443. The van der Waals surface area contributed by atoms with Crippen molar-refractivity contribution >= 4 is 27.7 Å². The quantitative estimate of drug-likeness (QED) is 0.525. The number of hydrogen-bond donors (Lipinski definition) is 1. The number of nitro groups is 1. The second kappa shape index (κ2) is 4.47. The summed E-state index contributed by atoms with van der Waals surface area (Å²) < 4.78 is 24.5. The molecule has 0 radical (unpaired) electrons. The minimum Gasteiger partial charge on any atom is -0.477 e. The fourth-order valence-electron chi connectivity index (χ4n) is 0.996. The zero-order valence-corrected chi connectivity index (χ0v) is 8.94. The number of rotatable bonds is 3. The standard InChI is InChI=1S/C7H3BrF2N2O4/c8-5-4(7(13)14)2(6(9)10)1-3(11-5)12(15)16/h1,6H,(H,13,14). The molecule has 0 aliphatic rings. The average molecular weight is 297 g/mol. The van der Waals surface area contributed by atoms with E-state index < -0.39 is 38.9 Å². The third kappa shape index (κ3) is 2.30. The maximum Gasteiger partial charge on any atom is 0.365 e. The molecule has 1 N–H and O–H groups in total. The topological polar surface area (TPSA) is 93.3 Å². The molecule has 1 heterocycles. The van der Waals surface area contributed by atoms with E-state index in [0.29, 0.717) is 6.07 Å². The van der Waals surface area contributed by atoms with E-state index in [4.69, 9.17) is 5.11 Å². The Bertz CT molecular complexity index is 466. The van der Waals surface area contributed by atoms with Gasteiger partial charge < -0.3 is 15.2 Å². The van der Waals surface area contributed by atoms with Gasteiger partial charge in [-0.05, 0) is 9.91 Å². The van der Waals surface area contributed by atoms with E-state index in [2.05, 4.69) is 20.9 Å². The lowest BCUT2D eigenvalue weighted by Gasteiger charge is -2.04. The second-order valence-electron chi connectivity index (χ2n) is 2.60. The molecule has 86 valence electrons. The van der Waals surface area contributed by atoms with Crippen molar-refractivity contribution in [2.24, 2.45) is 0 Å². The van der Waals surface area contributed by atoms with Crippen LogP contribution < -0.4 is 0 Å². The lowest BCUT2D eigenvalue weighted by molar-refractivity contribution is -0.389. The van der Waals surface area contributed by atoms with Gasteiger partial charge in [-0.15, -0.1) is 0 Å². The smallest absolute Gasteiger partial charge is 0.365 e. The number of carboxylic acids is 1. The van der Waals surface area contributed by atoms with Crippen LogP contribution in [0.5, 0.6) is 0 Å². The normalized spacial score (nSPS) is 10.5. The molecular formula is C7H3BrF2N2O4. The third-order valence-corrected chi connectivity index (χ3v) is 2.20. The Morgan fingerprint density at radius 2 is 2.19 bits per heavy atom. The van der Waals surface area contributed by atoms with Crippen LogP contribution in [0, 0.1) is 10.1 Å². The van der Waals surface area contributed by atoms with Gasteiger partial charge in [0.25, 0.3) is 6.43 Å². The van der Waals surface area contributed by atoms with Crippen molar-refractivity contribution in [1.82, 2.24) is 4.98 Å².